The molecule has 7 nitrogen and oxygen atoms in total. The van der Waals surface area contributed by atoms with E-state index in [2.05, 4.69) is 5.32 Å². The number of carbonyl (C=O) groups excluding carboxylic acids is 2. The zero-order valence-electron chi connectivity index (χ0n) is 21.8. The molecule has 1 N–H and O–H groups in total. The highest BCUT2D eigenvalue weighted by Crippen LogP contribution is 2.30. The molecule has 0 saturated heterocycles. The lowest BCUT2D eigenvalue weighted by molar-refractivity contribution is -0.139. The van der Waals surface area contributed by atoms with Crippen molar-refractivity contribution in [2.75, 3.05) is 17.4 Å². The SMILES string of the molecule is CCCNC(=O)[C@H](C)N(Cc1ccc(Cl)cc1)C(=O)CN(c1cc(Cl)cc(Cl)c1)S(=O)(=O)c1ccc(C)cc1. The van der Waals surface area contributed by atoms with Gasteiger partial charge in [-0.3, -0.25) is 13.9 Å². The van der Waals surface area contributed by atoms with Crippen LogP contribution in [0, 0.1) is 6.92 Å². The van der Waals surface area contributed by atoms with Gasteiger partial charge in [0, 0.05) is 28.2 Å². The molecule has 0 heterocycles. The normalized spacial score (nSPS) is 12.1. The molecular weight excluding hydrogens is 581 g/mol. The smallest absolute Gasteiger partial charge is 0.264 e. The number of nitrogens with one attached hydrogen (secondary N) is 1. The van der Waals surface area contributed by atoms with Gasteiger partial charge in [0.05, 0.1) is 10.6 Å². The van der Waals surface area contributed by atoms with Crippen LogP contribution in [0.5, 0.6) is 0 Å². The number of hydrogen-bond acceptors (Lipinski definition) is 4. The molecule has 0 aromatic heterocycles. The number of nitrogens with zero attached hydrogens (tertiary/aromatic N) is 2. The van der Waals surface area contributed by atoms with Gasteiger partial charge in [-0.05, 0) is 68.3 Å². The van der Waals surface area contributed by atoms with E-state index in [9.17, 15) is 18.0 Å². The summed E-state index contributed by atoms with van der Waals surface area (Å²) in [5, 5.41) is 3.74. The number of benzene rings is 3. The van der Waals surface area contributed by atoms with Gasteiger partial charge in [-0.25, -0.2) is 8.42 Å². The van der Waals surface area contributed by atoms with E-state index in [-0.39, 0.29) is 33.1 Å². The quantitative estimate of drug-likeness (QED) is 0.285. The molecular formula is C28H30Cl3N3O4S. The minimum atomic E-state index is -4.22. The molecule has 0 bridgehead atoms. The van der Waals surface area contributed by atoms with Gasteiger partial charge in [0.1, 0.15) is 12.6 Å². The number of rotatable bonds is 11. The summed E-state index contributed by atoms with van der Waals surface area (Å²) in [5.74, 6) is -0.936. The maximum Gasteiger partial charge on any atom is 0.264 e. The molecule has 0 unspecified atom stereocenters. The van der Waals surface area contributed by atoms with E-state index in [1.807, 2.05) is 13.8 Å². The zero-order chi connectivity index (χ0) is 28.7. The summed E-state index contributed by atoms with van der Waals surface area (Å²) in [6.45, 7) is 5.28. The van der Waals surface area contributed by atoms with E-state index in [4.69, 9.17) is 34.8 Å². The summed E-state index contributed by atoms with van der Waals surface area (Å²) in [6.07, 6.45) is 0.724. The third-order valence-electron chi connectivity index (χ3n) is 6.01. The summed E-state index contributed by atoms with van der Waals surface area (Å²) in [6, 6.07) is 16.6. The van der Waals surface area contributed by atoms with Gasteiger partial charge < -0.3 is 10.2 Å². The van der Waals surface area contributed by atoms with Crippen LogP contribution in [-0.2, 0) is 26.2 Å². The first kappa shape index (κ1) is 30.8. The third kappa shape index (κ3) is 8.11. The maximum absolute atomic E-state index is 13.9. The molecule has 3 rings (SSSR count). The molecule has 11 heteroatoms. The Labute approximate surface area is 244 Å². The Hall–Kier alpha value is -2.78. The molecule has 39 heavy (non-hydrogen) atoms. The fraction of sp³-hybridized carbons (Fsp3) is 0.286. The average Bonchev–Trinajstić information content (AvgIpc) is 2.89. The highest BCUT2D eigenvalue weighted by atomic mass is 35.5. The van der Waals surface area contributed by atoms with Crippen LogP contribution in [0.15, 0.2) is 71.6 Å². The number of amides is 2. The van der Waals surface area contributed by atoms with Crippen LogP contribution in [0.2, 0.25) is 15.1 Å². The molecule has 0 spiro atoms. The van der Waals surface area contributed by atoms with Crippen molar-refractivity contribution in [2.45, 2.75) is 44.7 Å². The highest BCUT2D eigenvalue weighted by Gasteiger charge is 2.32. The van der Waals surface area contributed by atoms with Crippen LogP contribution in [-0.4, -0.2) is 44.3 Å². The lowest BCUT2D eigenvalue weighted by Gasteiger charge is -2.32. The first-order valence-electron chi connectivity index (χ1n) is 12.3. The van der Waals surface area contributed by atoms with Crippen LogP contribution in [0.4, 0.5) is 5.69 Å². The number of aryl methyl sites for hydroxylation is 1. The first-order valence-corrected chi connectivity index (χ1v) is 14.9. The Morgan fingerprint density at radius 1 is 0.897 bits per heavy atom. The first-order chi connectivity index (χ1) is 18.4. The topological polar surface area (TPSA) is 86.8 Å². The van der Waals surface area contributed by atoms with Gasteiger partial charge >= 0.3 is 0 Å². The van der Waals surface area contributed by atoms with E-state index in [1.165, 1.54) is 35.2 Å². The predicted molar refractivity (Wildman–Crippen MR) is 157 cm³/mol. The van der Waals surface area contributed by atoms with E-state index in [0.29, 0.717) is 11.6 Å². The van der Waals surface area contributed by atoms with Gasteiger partial charge in [-0.1, -0.05) is 71.6 Å². The molecule has 0 aliphatic carbocycles. The number of anilines is 1. The lowest BCUT2D eigenvalue weighted by atomic mass is 10.1. The van der Waals surface area contributed by atoms with Gasteiger partial charge in [0.15, 0.2) is 0 Å². The van der Waals surface area contributed by atoms with E-state index >= 15 is 0 Å². The second kappa shape index (κ2) is 13.5. The molecule has 0 aliphatic rings. The van der Waals surface area contributed by atoms with E-state index in [0.717, 1.165) is 21.9 Å². The summed E-state index contributed by atoms with van der Waals surface area (Å²) < 4.78 is 28.6. The number of sulfonamides is 1. The van der Waals surface area contributed by atoms with Crippen molar-refractivity contribution in [1.29, 1.82) is 0 Å². The lowest BCUT2D eigenvalue weighted by Crippen LogP contribution is -2.51. The predicted octanol–water partition coefficient (Wildman–Crippen LogP) is 6.09. The summed E-state index contributed by atoms with van der Waals surface area (Å²) in [5.41, 5.74) is 1.72. The van der Waals surface area contributed by atoms with Crippen LogP contribution >= 0.6 is 34.8 Å². The monoisotopic (exact) mass is 609 g/mol. The van der Waals surface area contributed by atoms with Crippen molar-refractivity contribution in [2.24, 2.45) is 0 Å². The van der Waals surface area contributed by atoms with Crippen molar-refractivity contribution < 1.29 is 18.0 Å². The molecule has 0 saturated carbocycles. The zero-order valence-corrected chi connectivity index (χ0v) is 24.9. The van der Waals surface area contributed by atoms with Crippen molar-refractivity contribution in [3.05, 3.63) is 92.9 Å². The van der Waals surface area contributed by atoms with Crippen LogP contribution in [0.1, 0.15) is 31.4 Å². The van der Waals surface area contributed by atoms with E-state index < -0.39 is 28.5 Å². The number of hydrogen-bond donors (Lipinski definition) is 1. The van der Waals surface area contributed by atoms with Crippen molar-refractivity contribution in [1.82, 2.24) is 10.2 Å². The fourth-order valence-corrected chi connectivity index (χ4v) is 5.85. The number of halogens is 3. The Morgan fingerprint density at radius 2 is 1.49 bits per heavy atom. The molecule has 2 amide bonds. The summed E-state index contributed by atoms with van der Waals surface area (Å²) in [4.78, 5) is 28.1. The van der Waals surface area contributed by atoms with Gasteiger partial charge in [0.2, 0.25) is 11.8 Å². The molecule has 0 fully saturated rings. The fourth-order valence-electron chi connectivity index (χ4n) is 3.81. The van der Waals surface area contributed by atoms with E-state index in [1.54, 1.807) is 43.3 Å². The van der Waals surface area contributed by atoms with Crippen molar-refractivity contribution in [3.8, 4) is 0 Å². The van der Waals surface area contributed by atoms with Crippen LogP contribution in [0.25, 0.3) is 0 Å². The average molecular weight is 611 g/mol. The highest BCUT2D eigenvalue weighted by molar-refractivity contribution is 7.92. The number of carbonyl (C=O) groups is 2. The standard InChI is InChI=1S/C28H30Cl3N3O4S/c1-4-13-32-28(36)20(3)33(17-21-7-9-22(29)10-8-21)27(35)18-34(25-15-23(30)14-24(31)16-25)39(37,38)26-11-5-19(2)6-12-26/h5-12,14-16,20H,4,13,17-18H2,1-3H3,(H,32,36)/t20-/m0/s1. The Morgan fingerprint density at radius 3 is 2.05 bits per heavy atom. The molecule has 0 aliphatic heterocycles. The Balaban J connectivity index is 2.04. The van der Waals surface area contributed by atoms with Crippen LogP contribution in [0.3, 0.4) is 0 Å². The van der Waals surface area contributed by atoms with Gasteiger partial charge in [-0.15, -0.1) is 0 Å². The molecule has 208 valence electrons. The molecule has 3 aromatic carbocycles. The summed E-state index contributed by atoms with van der Waals surface area (Å²) in [7, 11) is -4.22. The maximum atomic E-state index is 13.9. The van der Waals surface area contributed by atoms with Crippen molar-refractivity contribution >= 4 is 62.3 Å². The largest absolute Gasteiger partial charge is 0.354 e. The minimum absolute atomic E-state index is 0.00464. The van der Waals surface area contributed by atoms with Crippen LogP contribution < -0.4 is 9.62 Å². The Bertz CT molecular complexity index is 1390. The molecule has 3 aromatic rings. The summed E-state index contributed by atoms with van der Waals surface area (Å²) >= 11 is 18.4. The second-order valence-corrected chi connectivity index (χ2v) is 12.2. The minimum Gasteiger partial charge on any atom is -0.354 e. The molecule has 0 radical (unpaired) electrons. The second-order valence-electron chi connectivity index (χ2n) is 9.07. The van der Waals surface area contributed by atoms with Gasteiger partial charge in [-0.2, -0.15) is 0 Å². The van der Waals surface area contributed by atoms with Crippen molar-refractivity contribution in [3.63, 3.8) is 0 Å². The molecule has 1 atom stereocenters. The third-order valence-corrected chi connectivity index (χ3v) is 8.48. The van der Waals surface area contributed by atoms with Gasteiger partial charge in [0.25, 0.3) is 10.0 Å². The Kier molecular flexibility index (Phi) is 10.7.